The van der Waals surface area contributed by atoms with Crippen LogP contribution in [-0.4, -0.2) is 15.7 Å². The summed E-state index contributed by atoms with van der Waals surface area (Å²) < 4.78 is 1.93. The van der Waals surface area contributed by atoms with Crippen molar-refractivity contribution in [3.05, 3.63) is 47.3 Å². The highest BCUT2D eigenvalue weighted by atomic mass is 16.1. The van der Waals surface area contributed by atoms with Gasteiger partial charge in [-0.3, -0.25) is 4.79 Å². The Morgan fingerprint density at radius 2 is 1.95 bits per heavy atom. The second-order valence-corrected chi connectivity index (χ2v) is 5.47. The maximum absolute atomic E-state index is 11.6. The highest BCUT2D eigenvalue weighted by molar-refractivity contribution is 5.93. The second-order valence-electron chi connectivity index (χ2n) is 5.47. The van der Waals surface area contributed by atoms with Crippen molar-refractivity contribution in [2.45, 2.75) is 31.1 Å². The lowest BCUT2D eigenvalue weighted by Gasteiger charge is -2.13. The predicted octanol–water partition coefficient (Wildman–Crippen LogP) is 2.34. The first-order chi connectivity index (χ1) is 9.25. The minimum absolute atomic E-state index is 0.404. The fourth-order valence-electron chi connectivity index (χ4n) is 3.68. The Kier molecular flexibility index (Phi) is 2.10. The van der Waals surface area contributed by atoms with Crippen molar-refractivity contribution in [1.29, 1.82) is 0 Å². The number of hydrogen-bond donors (Lipinski definition) is 1. The minimum atomic E-state index is -0.404. The average Bonchev–Trinajstić information content (AvgIpc) is 3.11. The SMILES string of the molecule is NC(=O)c1nn(-c2ccccc2)c2c1C1CCC2C1. The molecule has 2 unspecified atom stereocenters. The first kappa shape index (κ1) is 10.8. The van der Waals surface area contributed by atoms with Gasteiger partial charge in [-0.15, -0.1) is 0 Å². The van der Waals surface area contributed by atoms with Crippen molar-refractivity contribution in [3.8, 4) is 5.69 Å². The Morgan fingerprint density at radius 3 is 2.68 bits per heavy atom. The van der Waals surface area contributed by atoms with Crippen LogP contribution in [0.25, 0.3) is 5.69 Å². The molecular weight excluding hydrogens is 238 g/mol. The summed E-state index contributed by atoms with van der Waals surface area (Å²) in [5.74, 6) is 0.624. The van der Waals surface area contributed by atoms with Gasteiger partial charge in [0.05, 0.1) is 11.4 Å². The topological polar surface area (TPSA) is 60.9 Å². The van der Waals surface area contributed by atoms with Gasteiger partial charge in [-0.1, -0.05) is 18.2 Å². The van der Waals surface area contributed by atoms with Crippen molar-refractivity contribution >= 4 is 5.91 Å². The summed E-state index contributed by atoms with van der Waals surface area (Å²) in [6.07, 6.45) is 3.52. The number of rotatable bonds is 2. The van der Waals surface area contributed by atoms with E-state index in [0.717, 1.165) is 17.7 Å². The molecule has 2 aromatic rings. The molecule has 4 nitrogen and oxygen atoms in total. The molecule has 4 rings (SSSR count). The van der Waals surface area contributed by atoms with Gasteiger partial charge in [0.15, 0.2) is 5.69 Å². The van der Waals surface area contributed by atoms with Crippen LogP contribution in [0.1, 0.15) is 52.8 Å². The van der Waals surface area contributed by atoms with Crippen molar-refractivity contribution in [2.24, 2.45) is 5.73 Å². The molecule has 96 valence electrons. The van der Waals surface area contributed by atoms with Gasteiger partial charge in [0.2, 0.25) is 0 Å². The lowest BCUT2D eigenvalue weighted by atomic mass is 9.95. The van der Waals surface area contributed by atoms with E-state index < -0.39 is 5.91 Å². The molecule has 1 saturated carbocycles. The zero-order valence-electron chi connectivity index (χ0n) is 10.5. The van der Waals surface area contributed by atoms with Crippen LogP contribution in [0.15, 0.2) is 30.3 Å². The zero-order valence-corrected chi connectivity index (χ0v) is 10.5. The normalized spacial score (nSPS) is 23.6. The van der Waals surface area contributed by atoms with E-state index in [0.29, 0.717) is 17.5 Å². The number of amides is 1. The van der Waals surface area contributed by atoms with Crippen LogP contribution in [0.3, 0.4) is 0 Å². The number of para-hydroxylation sites is 1. The number of primary amides is 1. The number of carbonyl (C=O) groups is 1. The molecule has 2 atom stereocenters. The third kappa shape index (κ3) is 1.40. The maximum atomic E-state index is 11.6. The van der Waals surface area contributed by atoms with Gasteiger partial charge in [-0.25, -0.2) is 4.68 Å². The maximum Gasteiger partial charge on any atom is 0.269 e. The van der Waals surface area contributed by atoms with Crippen LogP contribution in [-0.2, 0) is 0 Å². The molecule has 1 aromatic carbocycles. The lowest BCUT2D eigenvalue weighted by Crippen LogP contribution is -2.15. The number of hydrogen-bond acceptors (Lipinski definition) is 2. The molecule has 2 aliphatic rings. The molecular formula is C15H15N3O. The summed E-state index contributed by atoms with van der Waals surface area (Å²) in [5, 5.41) is 4.48. The number of nitrogens with zero attached hydrogens (tertiary/aromatic N) is 2. The fraction of sp³-hybridized carbons (Fsp3) is 0.333. The molecule has 2 aliphatic carbocycles. The van der Waals surface area contributed by atoms with Crippen molar-refractivity contribution < 1.29 is 4.79 Å². The van der Waals surface area contributed by atoms with Crippen molar-refractivity contribution in [2.75, 3.05) is 0 Å². The minimum Gasteiger partial charge on any atom is -0.364 e. The molecule has 0 radical (unpaired) electrons. The van der Waals surface area contributed by atoms with E-state index in [1.54, 1.807) is 0 Å². The van der Waals surface area contributed by atoms with Crippen LogP contribution in [0.4, 0.5) is 0 Å². The summed E-state index contributed by atoms with van der Waals surface area (Å²) in [4.78, 5) is 11.6. The largest absolute Gasteiger partial charge is 0.364 e. The Labute approximate surface area is 111 Å². The highest BCUT2D eigenvalue weighted by Gasteiger charge is 2.43. The van der Waals surface area contributed by atoms with E-state index in [-0.39, 0.29) is 0 Å². The van der Waals surface area contributed by atoms with Gasteiger partial charge < -0.3 is 5.73 Å². The van der Waals surface area contributed by atoms with Gasteiger partial charge in [0, 0.05) is 11.5 Å². The third-order valence-corrected chi connectivity index (χ3v) is 4.42. The van der Waals surface area contributed by atoms with E-state index in [9.17, 15) is 4.79 Å². The molecule has 19 heavy (non-hydrogen) atoms. The average molecular weight is 253 g/mol. The molecule has 4 heteroatoms. The zero-order chi connectivity index (χ0) is 13.0. The van der Waals surface area contributed by atoms with Gasteiger partial charge in [0.25, 0.3) is 5.91 Å². The van der Waals surface area contributed by atoms with Crippen molar-refractivity contribution in [3.63, 3.8) is 0 Å². The van der Waals surface area contributed by atoms with E-state index in [4.69, 9.17) is 5.73 Å². The molecule has 2 bridgehead atoms. The third-order valence-electron chi connectivity index (χ3n) is 4.42. The summed E-state index contributed by atoms with van der Waals surface area (Å²) in [6, 6.07) is 9.99. The fourth-order valence-corrected chi connectivity index (χ4v) is 3.68. The van der Waals surface area contributed by atoms with Crippen LogP contribution in [0, 0.1) is 0 Å². The van der Waals surface area contributed by atoms with Gasteiger partial charge >= 0.3 is 0 Å². The number of fused-ring (bicyclic) bond motifs is 5. The van der Waals surface area contributed by atoms with E-state index in [2.05, 4.69) is 5.10 Å². The number of benzene rings is 1. The molecule has 0 saturated heterocycles. The Bertz CT molecular complexity index is 660. The molecule has 1 heterocycles. The summed E-state index contributed by atoms with van der Waals surface area (Å²) >= 11 is 0. The molecule has 0 aliphatic heterocycles. The van der Waals surface area contributed by atoms with E-state index in [1.807, 2.05) is 35.0 Å². The first-order valence-electron chi connectivity index (χ1n) is 6.73. The standard InChI is InChI=1S/C15H15N3O/c16-15(19)13-12-9-6-7-10(8-9)14(12)18(17-13)11-4-2-1-3-5-11/h1-5,9-10H,6-8H2,(H2,16,19). The monoisotopic (exact) mass is 253 g/mol. The van der Waals surface area contributed by atoms with Crippen LogP contribution >= 0.6 is 0 Å². The second kappa shape index (κ2) is 3.70. The smallest absolute Gasteiger partial charge is 0.269 e. The Hall–Kier alpha value is -2.10. The number of aromatic nitrogens is 2. The summed E-state index contributed by atoms with van der Waals surface area (Å²) in [6.45, 7) is 0. The first-order valence-corrected chi connectivity index (χ1v) is 6.73. The van der Waals surface area contributed by atoms with Gasteiger partial charge in [-0.2, -0.15) is 5.10 Å². The van der Waals surface area contributed by atoms with E-state index in [1.165, 1.54) is 18.5 Å². The van der Waals surface area contributed by atoms with Gasteiger partial charge in [-0.05, 0) is 37.3 Å². The summed E-state index contributed by atoms with van der Waals surface area (Å²) in [5.41, 5.74) is 9.32. The number of nitrogens with two attached hydrogens (primary N) is 1. The summed E-state index contributed by atoms with van der Waals surface area (Å²) in [7, 11) is 0. The molecule has 2 N–H and O–H groups in total. The Morgan fingerprint density at radius 1 is 1.21 bits per heavy atom. The Balaban J connectivity index is 1.97. The van der Waals surface area contributed by atoms with Crippen LogP contribution in [0.2, 0.25) is 0 Å². The lowest BCUT2D eigenvalue weighted by molar-refractivity contribution is 0.0994. The molecule has 1 fully saturated rings. The van der Waals surface area contributed by atoms with Crippen LogP contribution < -0.4 is 5.73 Å². The predicted molar refractivity (Wildman–Crippen MR) is 71.4 cm³/mol. The quantitative estimate of drug-likeness (QED) is 0.893. The van der Waals surface area contributed by atoms with E-state index >= 15 is 0 Å². The molecule has 0 spiro atoms. The molecule has 1 aromatic heterocycles. The van der Waals surface area contributed by atoms with Gasteiger partial charge in [0.1, 0.15) is 0 Å². The number of carbonyl (C=O) groups excluding carboxylic acids is 1. The highest BCUT2D eigenvalue weighted by Crippen LogP contribution is 2.54. The molecule has 1 amide bonds. The van der Waals surface area contributed by atoms with Crippen LogP contribution in [0.5, 0.6) is 0 Å². The van der Waals surface area contributed by atoms with Crippen molar-refractivity contribution in [1.82, 2.24) is 9.78 Å².